The summed E-state index contributed by atoms with van der Waals surface area (Å²) in [5, 5.41) is 26.2. The standard InChI is InChI=1S/C19H21F3N6O/c1-11-7-13(10-27(2)9-11)24-18-26-25-17(15-5-6-23-28(15)18)14-4-3-12(8-16(14)29)19(20,21)22/h3-6,8,11,13,29H,7,9-10H2,1-2H3,(H,24,26)/t11-,13-/m0/s1. The van der Waals surface area contributed by atoms with Crippen LogP contribution in [0, 0.1) is 5.92 Å². The number of aromatic nitrogens is 4. The molecule has 0 saturated carbocycles. The van der Waals surface area contributed by atoms with Crippen molar-refractivity contribution in [2.24, 2.45) is 5.92 Å². The summed E-state index contributed by atoms with van der Waals surface area (Å²) in [5.74, 6) is 0.476. The van der Waals surface area contributed by atoms with E-state index in [-0.39, 0.29) is 17.3 Å². The van der Waals surface area contributed by atoms with E-state index in [2.05, 4.69) is 39.5 Å². The summed E-state index contributed by atoms with van der Waals surface area (Å²) in [6.45, 7) is 4.08. The summed E-state index contributed by atoms with van der Waals surface area (Å²) < 4.78 is 40.2. The van der Waals surface area contributed by atoms with E-state index in [4.69, 9.17) is 0 Å². The van der Waals surface area contributed by atoms with Crippen LogP contribution in [0.3, 0.4) is 0 Å². The van der Waals surface area contributed by atoms with Gasteiger partial charge in [0.15, 0.2) is 0 Å². The third-order valence-corrected chi connectivity index (χ3v) is 5.09. The lowest BCUT2D eigenvalue weighted by Crippen LogP contribution is -2.44. The second kappa shape index (κ2) is 7.18. The van der Waals surface area contributed by atoms with Gasteiger partial charge in [0.25, 0.3) is 0 Å². The van der Waals surface area contributed by atoms with Crippen LogP contribution in [0.15, 0.2) is 30.5 Å². The Kier molecular flexibility index (Phi) is 4.81. The van der Waals surface area contributed by atoms with Crippen molar-refractivity contribution in [1.29, 1.82) is 0 Å². The fourth-order valence-corrected chi connectivity index (χ4v) is 3.94. The van der Waals surface area contributed by atoms with Gasteiger partial charge in [0.05, 0.1) is 17.3 Å². The normalized spacial score (nSPS) is 20.9. The lowest BCUT2D eigenvalue weighted by molar-refractivity contribution is -0.137. The zero-order chi connectivity index (χ0) is 20.8. The molecule has 7 nitrogen and oxygen atoms in total. The Balaban J connectivity index is 1.69. The minimum Gasteiger partial charge on any atom is -0.507 e. The molecule has 3 heterocycles. The van der Waals surface area contributed by atoms with Crippen molar-refractivity contribution < 1.29 is 18.3 Å². The molecule has 0 aliphatic carbocycles. The van der Waals surface area contributed by atoms with Crippen LogP contribution in [0.5, 0.6) is 5.75 Å². The minimum atomic E-state index is -4.54. The second-order valence-electron chi connectivity index (χ2n) is 7.63. The van der Waals surface area contributed by atoms with E-state index in [1.807, 2.05) is 0 Å². The van der Waals surface area contributed by atoms with Gasteiger partial charge in [-0.1, -0.05) is 6.92 Å². The maximum absolute atomic E-state index is 12.9. The molecule has 0 spiro atoms. The van der Waals surface area contributed by atoms with Crippen LogP contribution in [0.25, 0.3) is 16.8 Å². The number of hydrogen-bond donors (Lipinski definition) is 2. The van der Waals surface area contributed by atoms with Crippen molar-refractivity contribution in [3.8, 4) is 17.0 Å². The molecule has 2 N–H and O–H groups in total. The number of rotatable bonds is 3. The van der Waals surface area contributed by atoms with Crippen molar-refractivity contribution in [3.63, 3.8) is 0 Å². The highest BCUT2D eigenvalue weighted by molar-refractivity contribution is 5.80. The van der Waals surface area contributed by atoms with Crippen molar-refractivity contribution in [3.05, 3.63) is 36.0 Å². The molecule has 3 aromatic rings. The fourth-order valence-electron chi connectivity index (χ4n) is 3.94. The van der Waals surface area contributed by atoms with Crippen LogP contribution in [0.4, 0.5) is 19.1 Å². The summed E-state index contributed by atoms with van der Waals surface area (Å²) in [6, 6.07) is 4.66. The molecule has 4 rings (SSSR count). The predicted molar refractivity (Wildman–Crippen MR) is 102 cm³/mol. The largest absolute Gasteiger partial charge is 0.507 e. The van der Waals surface area contributed by atoms with Gasteiger partial charge in [-0.05, 0) is 43.7 Å². The first kappa shape index (κ1) is 19.4. The number of likely N-dealkylation sites (tertiary alicyclic amines) is 1. The Morgan fingerprint density at radius 1 is 1.17 bits per heavy atom. The summed E-state index contributed by atoms with van der Waals surface area (Å²) in [5.41, 5.74) is 0.0295. The fraction of sp³-hybridized carbons (Fsp3) is 0.421. The number of alkyl halides is 3. The van der Waals surface area contributed by atoms with Gasteiger partial charge < -0.3 is 15.3 Å². The number of piperidine rings is 1. The Hall–Kier alpha value is -2.88. The summed E-state index contributed by atoms with van der Waals surface area (Å²) in [6.07, 6.45) is -1.99. The molecular formula is C19H21F3N6O. The molecule has 10 heteroatoms. The molecule has 1 aromatic carbocycles. The van der Waals surface area contributed by atoms with Crippen molar-refractivity contribution in [2.75, 3.05) is 25.5 Å². The van der Waals surface area contributed by atoms with Crippen LogP contribution < -0.4 is 5.32 Å². The van der Waals surface area contributed by atoms with Crippen molar-refractivity contribution in [1.82, 2.24) is 24.7 Å². The molecule has 29 heavy (non-hydrogen) atoms. The van der Waals surface area contributed by atoms with Gasteiger partial charge in [-0.25, -0.2) is 0 Å². The number of benzene rings is 1. The lowest BCUT2D eigenvalue weighted by Gasteiger charge is -2.34. The van der Waals surface area contributed by atoms with Crippen molar-refractivity contribution in [2.45, 2.75) is 25.6 Å². The maximum atomic E-state index is 12.9. The molecule has 0 amide bonds. The molecule has 0 unspecified atom stereocenters. The van der Waals surface area contributed by atoms with E-state index >= 15 is 0 Å². The summed E-state index contributed by atoms with van der Waals surface area (Å²) in [7, 11) is 2.07. The van der Waals surface area contributed by atoms with Gasteiger partial charge in [-0.2, -0.15) is 22.8 Å². The number of hydrogen-bond acceptors (Lipinski definition) is 6. The number of halogens is 3. The van der Waals surface area contributed by atoms with E-state index in [0.717, 1.165) is 25.6 Å². The van der Waals surface area contributed by atoms with Gasteiger partial charge in [0.1, 0.15) is 11.4 Å². The zero-order valence-corrected chi connectivity index (χ0v) is 16.0. The minimum absolute atomic E-state index is 0.161. The molecule has 0 bridgehead atoms. The highest BCUT2D eigenvalue weighted by Crippen LogP contribution is 2.37. The first-order chi connectivity index (χ1) is 13.7. The van der Waals surface area contributed by atoms with E-state index in [9.17, 15) is 18.3 Å². The van der Waals surface area contributed by atoms with Gasteiger partial charge in [0.2, 0.25) is 5.95 Å². The predicted octanol–water partition coefficient (Wildman–Crippen LogP) is 3.27. The first-order valence-corrected chi connectivity index (χ1v) is 9.28. The number of nitrogens with zero attached hydrogens (tertiary/aromatic N) is 5. The quantitative estimate of drug-likeness (QED) is 0.695. The third kappa shape index (κ3) is 3.84. The highest BCUT2D eigenvalue weighted by Gasteiger charge is 2.31. The zero-order valence-electron chi connectivity index (χ0n) is 16.0. The first-order valence-electron chi connectivity index (χ1n) is 9.28. The maximum Gasteiger partial charge on any atom is 0.416 e. The Morgan fingerprint density at radius 3 is 2.66 bits per heavy atom. The SMILES string of the molecule is C[C@H]1C[C@H](Nc2nnc(-c3ccc(C(F)(F)F)cc3O)c3ccnn23)CN(C)C1. The van der Waals surface area contributed by atoms with Crippen LogP contribution in [0.1, 0.15) is 18.9 Å². The van der Waals surface area contributed by atoms with Crippen LogP contribution in [-0.2, 0) is 6.18 Å². The Morgan fingerprint density at radius 2 is 1.97 bits per heavy atom. The smallest absolute Gasteiger partial charge is 0.416 e. The van der Waals surface area contributed by atoms with Gasteiger partial charge in [-0.15, -0.1) is 10.2 Å². The van der Waals surface area contributed by atoms with E-state index < -0.39 is 17.5 Å². The monoisotopic (exact) mass is 406 g/mol. The number of aromatic hydroxyl groups is 1. The summed E-state index contributed by atoms with van der Waals surface area (Å²) >= 11 is 0. The molecule has 2 atom stereocenters. The lowest BCUT2D eigenvalue weighted by atomic mass is 9.96. The topological polar surface area (TPSA) is 78.6 Å². The molecule has 0 radical (unpaired) electrons. The number of phenolic OH excluding ortho intramolecular Hbond substituents is 1. The Labute approximate surface area is 165 Å². The number of phenols is 1. The van der Waals surface area contributed by atoms with Gasteiger partial charge in [-0.3, -0.25) is 0 Å². The average Bonchev–Trinajstić information content (AvgIpc) is 3.11. The average molecular weight is 406 g/mol. The molecule has 1 aliphatic rings. The number of fused-ring (bicyclic) bond motifs is 1. The number of nitrogens with one attached hydrogen (secondary N) is 1. The number of anilines is 1. The molecular weight excluding hydrogens is 385 g/mol. The third-order valence-electron chi connectivity index (χ3n) is 5.09. The van der Waals surface area contributed by atoms with Gasteiger partial charge >= 0.3 is 6.18 Å². The van der Waals surface area contributed by atoms with Gasteiger partial charge in [0, 0.05) is 24.7 Å². The highest BCUT2D eigenvalue weighted by atomic mass is 19.4. The molecule has 1 aliphatic heterocycles. The number of likely N-dealkylation sites (N-methyl/N-ethyl adjacent to an activating group) is 1. The van der Waals surface area contributed by atoms with Crippen molar-refractivity contribution >= 4 is 11.5 Å². The van der Waals surface area contributed by atoms with Crippen LogP contribution in [0.2, 0.25) is 0 Å². The molecule has 2 aromatic heterocycles. The van der Waals surface area contributed by atoms with Crippen LogP contribution in [-0.4, -0.2) is 56.0 Å². The molecule has 154 valence electrons. The summed E-state index contributed by atoms with van der Waals surface area (Å²) in [4.78, 5) is 2.24. The van der Waals surface area contributed by atoms with Crippen LogP contribution >= 0.6 is 0 Å². The molecule has 1 fully saturated rings. The molecule has 1 saturated heterocycles. The van der Waals surface area contributed by atoms with E-state index in [0.29, 0.717) is 23.4 Å². The van der Waals surface area contributed by atoms with E-state index in [1.54, 1.807) is 16.8 Å². The Bertz CT molecular complexity index is 1020. The second-order valence-corrected chi connectivity index (χ2v) is 7.63. The van der Waals surface area contributed by atoms with E-state index in [1.165, 1.54) is 6.07 Å².